The van der Waals surface area contributed by atoms with Crippen molar-refractivity contribution in [3.8, 4) is 11.5 Å². The lowest BCUT2D eigenvalue weighted by Gasteiger charge is -2.34. The molecule has 0 aliphatic carbocycles. The highest BCUT2D eigenvalue weighted by molar-refractivity contribution is 7.92. The molecule has 0 fully saturated rings. The van der Waals surface area contributed by atoms with Crippen LogP contribution in [0.3, 0.4) is 0 Å². The Labute approximate surface area is 243 Å². The summed E-state index contributed by atoms with van der Waals surface area (Å²) in [5.74, 6) is 0.113. The quantitative estimate of drug-likeness (QED) is 0.318. The molecule has 0 unspecified atom stereocenters. The van der Waals surface area contributed by atoms with Gasteiger partial charge in [-0.05, 0) is 74.7 Å². The molecule has 0 aliphatic heterocycles. The van der Waals surface area contributed by atoms with Crippen LogP contribution in [0, 0.1) is 6.92 Å². The minimum absolute atomic E-state index is 0.0302. The van der Waals surface area contributed by atoms with Crippen LogP contribution in [-0.2, 0) is 26.2 Å². The molecule has 3 aromatic rings. The van der Waals surface area contributed by atoms with Crippen molar-refractivity contribution in [3.05, 3.63) is 83.9 Å². The summed E-state index contributed by atoms with van der Waals surface area (Å²) in [4.78, 5) is 28.9. The molecule has 3 aromatic carbocycles. The number of nitrogens with one attached hydrogen (secondary N) is 1. The van der Waals surface area contributed by atoms with E-state index in [1.54, 1.807) is 55.6 Å². The molecule has 0 bridgehead atoms. The molecule has 1 atom stereocenters. The zero-order valence-corrected chi connectivity index (χ0v) is 25.3. The Balaban J connectivity index is 2.11. The summed E-state index contributed by atoms with van der Waals surface area (Å²) in [6, 6.07) is 19.3. The number of nitrogens with zero attached hydrogens (tertiary/aromatic N) is 2. The van der Waals surface area contributed by atoms with Gasteiger partial charge in [0, 0.05) is 12.6 Å². The minimum atomic E-state index is -4.20. The Hall–Kier alpha value is -4.05. The van der Waals surface area contributed by atoms with E-state index < -0.39 is 28.5 Å². The highest BCUT2D eigenvalue weighted by Gasteiger charge is 2.35. The van der Waals surface area contributed by atoms with Crippen molar-refractivity contribution in [2.75, 3.05) is 25.1 Å². The molecule has 9 nitrogen and oxygen atoms in total. The molecule has 1 N–H and O–H groups in total. The SMILES string of the molecule is CC[C@H](C(=O)NC(C)C)N(Cc1ccc(OC)cc1)C(=O)CN(c1cc(C)ccc1OC)S(=O)(=O)c1ccccc1. The number of benzene rings is 3. The molecule has 10 heteroatoms. The van der Waals surface area contributed by atoms with E-state index >= 15 is 0 Å². The molecule has 0 saturated carbocycles. The van der Waals surface area contributed by atoms with Crippen LogP contribution < -0.4 is 19.1 Å². The first-order chi connectivity index (χ1) is 19.5. The van der Waals surface area contributed by atoms with Crippen LogP contribution in [0.2, 0.25) is 0 Å². The fourth-order valence-corrected chi connectivity index (χ4v) is 5.89. The van der Waals surface area contributed by atoms with Crippen molar-refractivity contribution < 1.29 is 27.5 Å². The van der Waals surface area contributed by atoms with Crippen LogP contribution in [0.1, 0.15) is 38.3 Å². The number of rotatable bonds is 13. The summed E-state index contributed by atoms with van der Waals surface area (Å²) in [5.41, 5.74) is 1.79. The minimum Gasteiger partial charge on any atom is -0.497 e. The summed E-state index contributed by atoms with van der Waals surface area (Å²) < 4.78 is 39.9. The van der Waals surface area contributed by atoms with E-state index in [1.165, 1.54) is 24.1 Å². The molecule has 2 amide bonds. The standard InChI is InChI=1S/C31H39N3O6S/c1-7-27(31(36)32-22(2)3)33(20-24-14-16-25(39-5)17-15-24)30(35)21-34(28-19-23(4)13-18-29(28)40-6)41(37,38)26-11-9-8-10-12-26/h8-19,22,27H,7,20-21H2,1-6H3,(H,32,36)/t27-/m1/s1. The third-order valence-corrected chi connectivity index (χ3v) is 8.32. The topological polar surface area (TPSA) is 105 Å². The van der Waals surface area contributed by atoms with Gasteiger partial charge in [-0.3, -0.25) is 13.9 Å². The van der Waals surface area contributed by atoms with E-state index in [0.29, 0.717) is 17.9 Å². The maximum atomic E-state index is 14.2. The molecule has 0 radical (unpaired) electrons. The number of methoxy groups -OCH3 is 2. The monoisotopic (exact) mass is 581 g/mol. The van der Waals surface area contributed by atoms with Crippen molar-refractivity contribution >= 4 is 27.5 Å². The molecule has 0 aromatic heterocycles. The average Bonchev–Trinajstić information content (AvgIpc) is 2.96. The van der Waals surface area contributed by atoms with Crippen molar-refractivity contribution in [1.82, 2.24) is 10.2 Å². The number of sulfonamides is 1. The second-order valence-electron chi connectivity index (χ2n) is 9.96. The molecular formula is C31H39N3O6S. The largest absolute Gasteiger partial charge is 0.497 e. The maximum Gasteiger partial charge on any atom is 0.264 e. The van der Waals surface area contributed by atoms with E-state index in [2.05, 4.69) is 5.32 Å². The van der Waals surface area contributed by atoms with Gasteiger partial charge in [-0.1, -0.05) is 43.3 Å². The van der Waals surface area contributed by atoms with Crippen molar-refractivity contribution in [1.29, 1.82) is 0 Å². The van der Waals surface area contributed by atoms with Gasteiger partial charge in [-0.15, -0.1) is 0 Å². The first kappa shape index (κ1) is 31.5. The molecule has 0 heterocycles. The molecule has 0 saturated heterocycles. The lowest BCUT2D eigenvalue weighted by atomic mass is 10.1. The third-order valence-electron chi connectivity index (χ3n) is 6.54. The summed E-state index contributed by atoms with van der Waals surface area (Å²) in [7, 11) is -1.18. The van der Waals surface area contributed by atoms with Gasteiger partial charge in [0.25, 0.3) is 10.0 Å². The number of ether oxygens (including phenoxy) is 2. The van der Waals surface area contributed by atoms with Crippen LogP contribution in [0.4, 0.5) is 5.69 Å². The van der Waals surface area contributed by atoms with E-state index in [9.17, 15) is 18.0 Å². The number of hydrogen-bond donors (Lipinski definition) is 1. The van der Waals surface area contributed by atoms with Gasteiger partial charge >= 0.3 is 0 Å². The number of hydrogen-bond acceptors (Lipinski definition) is 6. The van der Waals surface area contributed by atoms with E-state index in [0.717, 1.165) is 15.4 Å². The average molecular weight is 582 g/mol. The first-order valence-corrected chi connectivity index (χ1v) is 14.9. The molecule has 0 spiro atoms. The summed E-state index contributed by atoms with van der Waals surface area (Å²) in [6.07, 6.45) is 0.333. The smallest absolute Gasteiger partial charge is 0.264 e. The highest BCUT2D eigenvalue weighted by atomic mass is 32.2. The Morgan fingerprint density at radius 2 is 1.59 bits per heavy atom. The fourth-order valence-electron chi connectivity index (χ4n) is 4.46. The zero-order valence-electron chi connectivity index (χ0n) is 24.5. The van der Waals surface area contributed by atoms with Gasteiger partial charge in [0.15, 0.2) is 0 Å². The molecule has 3 rings (SSSR count). The van der Waals surface area contributed by atoms with Crippen molar-refractivity contribution in [2.24, 2.45) is 0 Å². The summed E-state index contributed by atoms with van der Waals surface area (Å²) in [5, 5.41) is 2.90. The molecular weight excluding hydrogens is 542 g/mol. The van der Waals surface area contributed by atoms with E-state index in [1.807, 2.05) is 39.8 Å². The van der Waals surface area contributed by atoms with E-state index in [-0.39, 0.29) is 29.1 Å². The van der Waals surface area contributed by atoms with Crippen LogP contribution in [-0.4, -0.2) is 58.0 Å². The number of amides is 2. The van der Waals surface area contributed by atoms with Gasteiger partial charge < -0.3 is 19.7 Å². The third kappa shape index (κ3) is 7.79. The van der Waals surface area contributed by atoms with Gasteiger partial charge in [0.1, 0.15) is 24.1 Å². The zero-order chi connectivity index (χ0) is 30.2. The summed E-state index contributed by atoms with van der Waals surface area (Å²) >= 11 is 0. The lowest BCUT2D eigenvalue weighted by Crippen LogP contribution is -2.53. The Kier molecular flexibility index (Phi) is 10.8. The Morgan fingerprint density at radius 1 is 0.927 bits per heavy atom. The highest BCUT2D eigenvalue weighted by Crippen LogP contribution is 2.33. The number of carbonyl (C=O) groups excluding carboxylic acids is 2. The molecule has 0 aliphatic rings. The van der Waals surface area contributed by atoms with Crippen LogP contribution >= 0.6 is 0 Å². The van der Waals surface area contributed by atoms with Crippen LogP contribution in [0.25, 0.3) is 0 Å². The first-order valence-electron chi connectivity index (χ1n) is 13.5. The molecule has 41 heavy (non-hydrogen) atoms. The Bertz CT molecular complexity index is 1430. The van der Waals surface area contributed by atoms with Crippen LogP contribution in [0.5, 0.6) is 11.5 Å². The van der Waals surface area contributed by atoms with Gasteiger partial charge in [0.05, 0.1) is 24.8 Å². The van der Waals surface area contributed by atoms with Gasteiger partial charge in [0.2, 0.25) is 11.8 Å². The molecule has 220 valence electrons. The predicted octanol–water partition coefficient (Wildman–Crippen LogP) is 4.54. The number of carbonyl (C=O) groups is 2. The number of aryl methyl sites for hydroxylation is 1. The lowest BCUT2D eigenvalue weighted by molar-refractivity contribution is -0.140. The van der Waals surface area contributed by atoms with Crippen molar-refractivity contribution in [2.45, 2.75) is 57.6 Å². The number of anilines is 1. The predicted molar refractivity (Wildman–Crippen MR) is 160 cm³/mol. The van der Waals surface area contributed by atoms with E-state index in [4.69, 9.17) is 9.47 Å². The fraction of sp³-hybridized carbons (Fsp3) is 0.355. The second kappa shape index (κ2) is 14.0. The van der Waals surface area contributed by atoms with Gasteiger partial charge in [-0.2, -0.15) is 0 Å². The summed E-state index contributed by atoms with van der Waals surface area (Å²) in [6.45, 7) is 6.89. The second-order valence-corrected chi connectivity index (χ2v) is 11.8. The maximum absolute atomic E-state index is 14.2. The van der Waals surface area contributed by atoms with Crippen LogP contribution in [0.15, 0.2) is 77.7 Å². The van der Waals surface area contributed by atoms with Gasteiger partial charge in [-0.25, -0.2) is 8.42 Å². The van der Waals surface area contributed by atoms with Crippen molar-refractivity contribution in [3.63, 3.8) is 0 Å². The normalized spacial score (nSPS) is 12.0. The Morgan fingerprint density at radius 3 is 2.15 bits per heavy atom.